The van der Waals surface area contributed by atoms with E-state index in [4.69, 9.17) is 4.74 Å². The number of benzene rings is 1. The van der Waals surface area contributed by atoms with Crippen LogP contribution in [0.3, 0.4) is 0 Å². The molecule has 5 heteroatoms. The fourth-order valence-corrected chi connectivity index (χ4v) is 2.40. The minimum absolute atomic E-state index is 0.0607. The highest BCUT2D eigenvalue weighted by molar-refractivity contribution is 5.79. The molecule has 2 unspecified atom stereocenters. The van der Waals surface area contributed by atoms with Gasteiger partial charge in [0, 0.05) is 20.6 Å². The maximum Gasteiger partial charge on any atom is 0.193 e. The summed E-state index contributed by atoms with van der Waals surface area (Å²) in [4.78, 5) is 6.38. The summed E-state index contributed by atoms with van der Waals surface area (Å²) in [6.45, 7) is 3.54. The molecule has 1 aliphatic rings. The molecule has 1 fully saturated rings. The molecule has 1 N–H and O–H groups in total. The number of rotatable bonds is 1. The number of guanidine groups is 1. The molecule has 0 bridgehead atoms. The first-order valence-electron chi connectivity index (χ1n) is 6.44. The molecule has 1 aliphatic heterocycles. The van der Waals surface area contributed by atoms with Crippen molar-refractivity contribution in [1.82, 2.24) is 10.2 Å². The van der Waals surface area contributed by atoms with Crippen LogP contribution in [0.5, 0.6) is 0 Å². The molecule has 4 nitrogen and oxygen atoms in total. The highest BCUT2D eigenvalue weighted by atomic mass is 19.1. The Kier molecular flexibility index (Phi) is 4.37. The largest absolute Gasteiger partial charge is 0.367 e. The molecule has 2 atom stereocenters. The lowest BCUT2D eigenvalue weighted by molar-refractivity contribution is -0.0604. The van der Waals surface area contributed by atoms with Crippen molar-refractivity contribution in [3.63, 3.8) is 0 Å². The summed E-state index contributed by atoms with van der Waals surface area (Å²) >= 11 is 0. The lowest BCUT2D eigenvalue weighted by Crippen LogP contribution is -2.49. The summed E-state index contributed by atoms with van der Waals surface area (Å²) in [5.41, 5.74) is 0.990. The van der Waals surface area contributed by atoms with Crippen molar-refractivity contribution in [2.24, 2.45) is 4.99 Å². The molecule has 19 heavy (non-hydrogen) atoms. The van der Waals surface area contributed by atoms with Crippen LogP contribution in [0.4, 0.5) is 4.39 Å². The number of hydrogen-bond donors (Lipinski definition) is 1. The van der Waals surface area contributed by atoms with Gasteiger partial charge in [-0.15, -0.1) is 0 Å². The van der Waals surface area contributed by atoms with Crippen LogP contribution < -0.4 is 5.32 Å². The number of ether oxygens (including phenoxy) is 1. The van der Waals surface area contributed by atoms with Gasteiger partial charge in [0.15, 0.2) is 5.96 Å². The molecule has 0 saturated carbocycles. The molecule has 1 saturated heterocycles. The van der Waals surface area contributed by atoms with Crippen LogP contribution in [0.2, 0.25) is 0 Å². The first-order chi connectivity index (χ1) is 9.13. The van der Waals surface area contributed by atoms with Crippen molar-refractivity contribution < 1.29 is 9.13 Å². The van der Waals surface area contributed by atoms with Crippen molar-refractivity contribution in [1.29, 1.82) is 0 Å². The molecule has 0 aromatic heterocycles. The van der Waals surface area contributed by atoms with Crippen LogP contribution in [0.1, 0.15) is 18.6 Å². The average molecular weight is 265 g/mol. The number of halogens is 1. The van der Waals surface area contributed by atoms with Gasteiger partial charge in [0.05, 0.1) is 12.6 Å². The van der Waals surface area contributed by atoms with Crippen LogP contribution in [0.15, 0.2) is 29.3 Å². The molecule has 1 aromatic carbocycles. The minimum Gasteiger partial charge on any atom is -0.367 e. The van der Waals surface area contributed by atoms with Crippen molar-refractivity contribution in [3.05, 3.63) is 35.6 Å². The summed E-state index contributed by atoms with van der Waals surface area (Å²) < 4.78 is 18.9. The Morgan fingerprint density at radius 1 is 1.37 bits per heavy atom. The third-order valence-corrected chi connectivity index (χ3v) is 3.24. The van der Waals surface area contributed by atoms with Crippen molar-refractivity contribution in [3.8, 4) is 0 Å². The molecule has 2 rings (SSSR count). The van der Waals surface area contributed by atoms with Gasteiger partial charge in [-0.05, 0) is 24.6 Å². The predicted molar refractivity (Wildman–Crippen MR) is 73.7 cm³/mol. The SMILES string of the molecule is CN=C(NC)N1CC(C)OC(c2ccc(F)cc2)C1. The van der Waals surface area contributed by atoms with Gasteiger partial charge in [-0.2, -0.15) is 0 Å². The molecule has 104 valence electrons. The molecule has 0 aliphatic carbocycles. The van der Waals surface area contributed by atoms with E-state index in [2.05, 4.69) is 15.2 Å². The van der Waals surface area contributed by atoms with E-state index >= 15 is 0 Å². The Bertz CT molecular complexity index is 447. The van der Waals surface area contributed by atoms with Gasteiger partial charge in [0.2, 0.25) is 0 Å². The lowest BCUT2D eigenvalue weighted by atomic mass is 10.1. The van der Waals surface area contributed by atoms with Gasteiger partial charge in [-0.3, -0.25) is 4.99 Å². The zero-order valence-electron chi connectivity index (χ0n) is 11.6. The second-order valence-corrected chi connectivity index (χ2v) is 4.69. The average Bonchev–Trinajstić information content (AvgIpc) is 2.40. The van der Waals surface area contributed by atoms with Gasteiger partial charge >= 0.3 is 0 Å². The van der Waals surface area contributed by atoms with Crippen LogP contribution >= 0.6 is 0 Å². The highest BCUT2D eigenvalue weighted by Crippen LogP contribution is 2.25. The van der Waals surface area contributed by atoms with Crippen LogP contribution in [0, 0.1) is 5.82 Å². The van der Waals surface area contributed by atoms with Gasteiger partial charge in [0.25, 0.3) is 0 Å². The Balaban J connectivity index is 2.15. The van der Waals surface area contributed by atoms with Crippen molar-refractivity contribution in [2.75, 3.05) is 27.2 Å². The number of hydrogen-bond acceptors (Lipinski definition) is 2. The molecule has 1 aromatic rings. The zero-order chi connectivity index (χ0) is 13.8. The second kappa shape index (κ2) is 6.02. The number of aliphatic imine (C=N–C) groups is 1. The molecule has 0 spiro atoms. The van der Waals surface area contributed by atoms with E-state index in [1.54, 1.807) is 19.2 Å². The van der Waals surface area contributed by atoms with E-state index in [9.17, 15) is 4.39 Å². The lowest BCUT2D eigenvalue weighted by Gasteiger charge is -2.38. The second-order valence-electron chi connectivity index (χ2n) is 4.69. The van der Waals surface area contributed by atoms with Gasteiger partial charge in [-0.25, -0.2) is 4.39 Å². The molecular formula is C14H20FN3O. The summed E-state index contributed by atoms with van der Waals surface area (Å²) in [5, 5.41) is 3.08. The van der Waals surface area contributed by atoms with E-state index in [0.29, 0.717) is 6.54 Å². The fraction of sp³-hybridized carbons (Fsp3) is 0.500. The highest BCUT2D eigenvalue weighted by Gasteiger charge is 2.27. The summed E-state index contributed by atoms with van der Waals surface area (Å²) in [6.07, 6.45) is 0.0448. The zero-order valence-corrected chi connectivity index (χ0v) is 11.6. The van der Waals surface area contributed by atoms with Crippen LogP contribution in [0.25, 0.3) is 0 Å². The van der Waals surface area contributed by atoms with E-state index in [0.717, 1.165) is 18.1 Å². The molecule has 1 heterocycles. The maximum absolute atomic E-state index is 13.0. The standard InChI is InChI=1S/C14H20FN3O/c1-10-8-18(14(16-2)17-3)9-13(19-10)11-4-6-12(15)7-5-11/h4-7,10,13H,8-9H2,1-3H3,(H,16,17). The number of morpholine rings is 1. The van der Waals surface area contributed by atoms with E-state index in [-0.39, 0.29) is 18.0 Å². The number of nitrogens with one attached hydrogen (secondary N) is 1. The first-order valence-corrected chi connectivity index (χ1v) is 6.44. The molecule has 0 radical (unpaired) electrons. The number of nitrogens with zero attached hydrogens (tertiary/aromatic N) is 2. The Morgan fingerprint density at radius 2 is 2.05 bits per heavy atom. The van der Waals surface area contributed by atoms with Crippen LogP contribution in [-0.4, -0.2) is 44.1 Å². The quantitative estimate of drug-likeness (QED) is 0.621. The maximum atomic E-state index is 13.0. The third-order valence-electron chi connectivity index (χ3n) is 3.24. The van der Waals surface area contributed by atoms with Crippen LogP contribution in [-0.2, 0) is 4.74 Å². The third kappa shape index (κ3) is 3.23. The summed E-state index contributed by atoms with van der Waals surface area (Å²) in [5.74, 6) is 0.623. The van der Waals surface area contributed by atoms with Crippen molar-refractivity contribution >= 4 is 5.96 Å². The van der Waals surface area contributed by atoms with E-state index in [1.165, 1.54) is 12.1 Å². The summed E-state index contributed by atoms with van der Waals surface area (Å²) in [6, 6.07) is 6.49. The predicted octanol–water partition coefficient (Wildman–Crippen LogP) is 1.79. The molecule has 0 amide bonds. The monoisotopic (exact) mass is 265 g/mol. The molecular weight excluding hydrogens is 245 g/mol. The Labute approximate surface area is 113 Å². The topological polar surface area (TPSA) is 36.9 Å². The summed E-state index contributed by atoms with van der Waals surface area (Å²) in [7, 11) is 3.62. The normalized spacial score (nSPS) is 24.4. The Hall–Kier alpha value is -1.62. The van der Waals surface area contributed by atoms with E-state index < -0.39 is 0 Å². The van der Waals surface area contributed by atoms with Gasteiger partial charge in [0.1, 0.15) is 11.9 Å². The first kappa shape index (κ1) is 13.8. The van der Waals surface area contributed by atoms with E-state index in [1.807, 2.05) is 14.0 Å². The minimum atomic E-state index is -0.226. The fourth-order valence-electron chi connectivity index (χ4n) is 2.40. The van der Waals surface area contributed by atoms with Gasteiger partial charge < -0.3 is 15.0 Å². The van der Waals surface area contributed by atoms with Crippen molar-refractivity contribution in [2.45, 2.75) is 19.1 Å². The Morgan fingerprint density at radius 3 is 2.63 bits per heavy atom. The van der Waals surface area contributed by atoms with Gasteiger partial charge in [-0.1, -0.05) is 12.1 Å². The smallest absolute Gasteiger partial charge is 0.193 e.